The zero-order chi connectivity index (χ0) is 9.84. The molecule has 0 aromatic carbocycles. The molecule has 0 N–H and O–H groups in total. The molecule has 2 atom stereocenters. The van der Waals surface area contributed by atoms with Crippen LogP contribution in [0.4, 0.5) is 0 Å². The average Bonchev–Trinajstić information content (AvgIpc) is 2.52. The van der Waals surface area contributed by atoms with Crippen molar-refractivity contribution < 1.29 is 21.1 Å². The fraction of sp³-hybridized carbons (Fsp3) is 0.818. The molecule has 0 saturated carbocycles. The summed E-state index contributed by atoms with van der Waals surface area (Å²) in [5.74, 6) is 0.970. The summed E-state index contributed by atoms with van der Waals surface area (Å²) in [4.78, 5) is 4.70. The Morgan fingerprint density at radius 3 is 2.36 bits per heavy atom. The molecule has 0 aromatic heterocycles. The Hall–Kier alpha value is 0.608. The van der Waals surface area contributed by atoms with Crippen LogP contribution in [0, 0.1) is 19.9 Å². The minimum absolute atomic E-state index is 0. The molecule has 2 heterocycles. The van der Waals surface area contributed by atoms with E-state index in [2.05, 4.69) is 30.8 Å². The largest absolute Gasteiger partial charge is 2.00 e. The molecule has 82 valence electrons. The van der Waals surface area contributed by atoms with Gasteiger partial charge in [0, 0.05) is 6.04 Å². The average molecular weight is 366 g/mol. The van der Waals surface area contributed by atoms with Gasteiger partial charge >= 0.3 is 21.1 Å². The third kappa shape index (κ3) is 3.32. The number of nitrogens with zero attached hydrogens (tertiary/aromatic N) is 2. The van der Waals surface area contributed by atoms with Gasteiger partial charge in [-0.1, -0.05) is 0 Å². The monoisotopic (exact) mass is 366 g/mol. The molecule has 14 heavy (non-hydrogen) atoms. The van der Waals surface area contributed by atoms with Crippen molar-refractivity contribution in [1.29, 1.82) is 0 Å². The number of likely N-dealkylation sites (tertiary alicyclic amines) is 2. The second-order valence-electron chi connectivity index (χ2n) is 3.96. The van der Waals surface area contributed by atoms with E-state index in [0.29, 0.717) is 0 Å². The zero-order valence-electron chi connectivity index (χ0n) is 9.41. The molecule has 0 bridgehead atoms. The van der Waals surface area contributed by atoms with Crippen LogP contribution in [-0.4, -0.2) is 42.5 Å². The molecule has 2 aliphatic heterocycles. The summed E-state index contributed by atoms with van der Waals surface area (Å²) in [5.41, 5.74) is 0. The summed E-state index contributed by atoms with van der Waals surface area (Å²) in [7, 11) is 6.24. The Labute approximate surface area is 103 Å². The maximum atomic E-state index is 4.00. The van der Waals surface area contributed by atoms with E-state index < -0.39 is 0 Å². The third-order valence-electron chi connectivity index (χ3n) is 3.22. The summed E-state index contributed by atoms with van der Waals surface area (Å²) >= 11 is 0. The number of likely N-dealkylation sites (N-methyl/N-ethyl adjacent to an activating group) is 1. The van der Waals surface area contributed by atoms with E-state index in [1.54, 1.807) is 6.92 Å². The first-order valence-corrected chi connectivity index (χ1v) is 5.24. The summed E-state index contributed by atoms with van der Waals surface area (Å²) in [5, 5.41) is 0. The van der Waals surface area contributed by atoms with Gasteiger partial charge in [-0.2, -0.15) is 6.92 Å². The van der Waals surface area contributed by atoms with Gasteiger partial charge in [-0.15, -0.1) is 0 Å². The van der Waals surface area contributed by atoms with Crippen molar-refractivity contribution in [3.8, 4) is 0 Å². The Morgan fingerprint density at radius 2 is 1.71 bits per heavy atom. The number of hydrogen-bond donors (Lipinski definition) is 0. The predicted octanol–water partition coefficient (Wildman–Crippen LogP) is 1.64. The fourth-order valence-electron chi connectivity index (χ4n) is 2.42. The minimum Gasteiger partial charge on any atom is -0.458 e. The molecule has 2 fully saturated rings. The van der Waals surface area contributed by atoms with E-state index >= 15 is 0 Å². The molecular formula is C11H22N2W. The van der Waals surface area contributed by atoms with Gasteiger partial charge in [0.25, 0.3) is 0 Å². The second-order valence-corrected chi connectivity index (χ2v) is 3.96. The molecule has 2 saturated heterocycles. The first-order chi connectivity index (χ1) is 6.27. The normalized spacial score (nSPS) is 32.6. The maximum Gasteiger partial charge on any atom is 2.00 e. The smallest absolute Gasteiger partial charge is 0.458 e. The molecule has 0 amide bonds. The molecule has 0 radical (unpaired) electrons. The van der Waals surface area contributed by atoms with Crippen molar-refractivity contribution in [1.82, 2.24) is 9.80 Å². The standard InChI is InChI=1S/C9H17N2.C2H5.W/c1-10-5-3-8-4-6-11(2)9(8)7-10;1-2;/h8-9H,1,3-7H2,2H3;1H2,2H3;/q2*-1;+2. The summed E-state index contributed by atoms with van der Waals surface area (Å²) < 4.78 is 0. The van der Waals surface area contributed by atoms with Crippen molar-refractivity contribution in [2.24, 2.45) is 5.92 Å². The number of piperidine rings is 1. The van der Waals surface area contributed by atoms with Crippen molar-refractivity contribution in [3.63, 3.8) is 0 Å². The molecule has 2 unspecified atom stereocenters. The van der Waals surface area contributed by atoms with Crippen molar-refractivity contribution in [3.05, 3.63) is 14.0 Å². The molecule has 2 aliphatic rings. The molecule has 3 heteroatoms. The molecule has 2 rings (SSSR count). The molecule has 2 nitrogen and oxygen atoms in total. The van der Waals surface area contributed by atoms with Crippen molar-refractivity contribution in [2.45, 2.75) is 25.8 Å². The minimum atomic E-state index is 0. The topological polar surface area (TPSA) is 6.48 Å². The van der Waals surface area contributed by atoms with Crippen LogP contribution in [0.3, 0.4) is 0 Å². The van der Waals surface area contributed by atoms with Gasteiger partial charge in [0.05, 0.1) is 0 Å². The van der Waals surface area contributed by atoms with Crippen LogP contribution in [0.2, 0.25) is 0 Å². The predicted molar refractivity (Wildman–Crippen MR) is 57.1 cm³/mol. The number of fused-ring (bicyclic) bond motifs is 1. The van der Waals surface area contributed by atoms with Gasteiger partial charge in [-0.25, -0.2) is 0 Å². The molecular weight excluding hydrogens is 344 g/mol. The number of rotatable bonds is 0. The van der Waals surface area contributed by atoms with Crippen molar-refractivity contribution in [2.75, 3.05) is 26.7 Å². The van der Waals surface area contributed by atoms with Crippen molar-refractivity contribution >= 4 is 0 Å². The Bertz CT molecular complexity index is 152. The van der Waals surface area contributed by atoms with E-state index in [9.17, 15) is 0 Å². The maximum absolute atomic E-state index is 4.00. The van der Waals surface area contributed by atoms with Gasteiger partial charge in [0.2, 0.25) is 0 Å². The summed E-state index contributed by atoms with van der Waals surface area (Å²) in [6, 6.07) is 0.807. The van der Waals surface area contributed by atoms with Crippen LogP contribution >= 0.6 is 0 Å². The van der Waals surface area contributed by atoms with Crippen LogP contribution in [0.15, 0.2) is 0 Å². The van der Waals surface area contributed by atoms with Crippen LogP contribution in [0.25, 0.3) is 0 Å². The van der Waals surface area contributed by atoms with E-state index in [0.717, 1.165) is 12.0 Å². The van der Waals surface area contributed by atoms with Gasteiger partial charge in [0.15, 0.2) is 0 Å². The Balaban J connectivity index is 0.000000531. The quantitative estimate of drug-likeness (QED) is 0.602. The van der Waals surface area contributed by atoms with E-state index in [1.807, 2.05) is 0 Å². The first-order valence-electron chi connectivity index (χ1n) is 5.24. The van der Waals surface area contributed by atoms with Crippen LogP contribution in [0.5, 0.6) is 0 Å². The zero-order valence-corrected chi connectivity index (χ0v) is 12.3. The first kappa shape index (κ1) is 14.6. The van der Waals surface area contributed by atoms with Gasteiger partial charge < -0.3 is 16.7 Å². The van der Waals surface area contributed by atoms with Crippen LogP contribution < -0.4 is 0 Å². The Morgan fingerprint density at radius 1 is 1.14 bits per heavy atom. The van der Waals surface area contributed by atoms with Crippen LogP contribution in [0.1, 0.15) is 19.8 Å². The van der Waals surface area contributed by atoms with Gasteiger partial charge in [-0.05, 0) is 45.4 Å². The molecule has 0 spiro atoms. The molecule has 0 aliphatic carbocycles. The van der Waals surface area contributed by atoms with E-state index in [-0.39, 0.29) is 21.1 Å². The SMILES string of the molecule is [CH2-]C.[CH2-]N1CCC2CCN(C)C2C1.[W+2]. The van der Waals surface area contributed by atoms with Gasteiger partial charge in [0.1, 0.15) is 0 Å². The van der Waals surface area contributed by atoms with E-state index in [4.69, 9.17) is 0 Å². The van der Waals surface area contributed by atoms with Crippen LogP contribution in [-0.2, 0) is 21.1 Å². The third-order valence-corrected chi connectivity index (χ3v) is 3.22. The molecule has 0 aromatic rings. The van der Waals surface area contributed by atoms with Gasteiger partial charge in [-0.3, -0.25) is 7.05 Å². The Kier molecular flexibility index (Phi) is 7.28. The summed E-state index contributed by atoms with van der Waals surface area (Å²) in [6.45, 7) is 8.68. The fourth-order valence-corrected chi connectivity index (χ4v) is 2.42. The number of hydrogen-bond acceptors (Lipinski definition) is 2. The summed E-state index contributed by atoms with van der Waals surface area (Å²) in [6.07, 6.45) is 2.77. The van der Waals surface area contributed by atoms with E-state index in [1.165, 1.54) is 32.5 Å². The second kappa shape index (κ2) is 6.98.